The maximum atomic E-state index is 13.1. The van der Waals surface area contributed by atoms with Crippen LogP contribution >= 0.6 is 0 Å². The Morgan fingerprint density at radius 3 is 2.50 bits per heavy atom. The van der Waals surface area contributed by atoms with Gasteiger partial charge in [-0.1, -0.05) is 5.92 Å². The number of esters is 1. The Balaban J connectivity index is 2.26. The van der Waals surface area contributed by atoms with Gasteiger partial charge in [-0.3, -0.25) is 4.79 Å². The van der Waals surface area contributed by atoms with E-state index in [1.54, 1.807) is 26.0 Å². The van der Waals surface area contributed by atoms with Crippen LogP contribution in [0.2, 0.25) is 0 Å². The molecule has 1 aromatic rings. The largest absolute Gasteiger partial charge is 0.481 e. The van der Waals surface area contributed by atoms with E-state index in [4.69, 9.17) is 9.47 Å². The fourth-order valence-corrected chi connectivity index (χ4v) is 4.92. The molecule has 2 rings (SSSR count). The van der Waals surface area contributed by atoms with Crippen LogP contribution in [-0.4, -0.2) is 45.9 Å². The van der Waals surface area contributed by atoms with Gasteiger partial charge in [0, 0.05) is 0 Å². The zero-order valence-corrected chi connectivity index (χ0v) is 16.0. The van der Waals surface area contributed by atoms with Gasteiger partial charge in [0.1, 0.15) is 12.4 Å². The van der Waals surface area contributed by atoms with Crippen LogP contribution in [0.1, 0.15) is 26.7 Å². The first kappa shape index (κ1) is 20.3. The van der Waals surface area contributed by atoms with Crippen molar-refractivity contribution in [3.63, 3.8) is 0 Å². The van der Waals surface area contributed by atoms with Gasteiger partial charge in [-0.2, -0.15) is 0 Å². The molecule has 1 unspecified atom stereocenters. The number of benzene rings is 1. The minimum absolute atomic E-state index is 0.100. The Morgan fingerprint density at radius 1 is 1.27 bits per heavy atom. The molecule has 0 aromatic heterocycles. The van der Waals surface area contributed by atoms with Gasteiger partial charge < -0.3 is 14.8 Å². The quantitative estimate of drug-likeness (QED) is 0.575. The minimum atomic E-state index is -3.85. The fourth-order valence-electron chi connectivity index (χ4n) is 3.01. The first-order valence-electron chi connectivity index (χ1n) is 8.74. The smallest absolute Gasteiger partial charge is 0.324 e. The highest BCUT2D eigenvalue weighted by molar-refractivity contribution is 7.92. The third-order valence-electron chi connectivity index (χ3n) is 4.31. The number of piperidine rings is 1. The monoisotopic (exact) mass is 379 g/mol. The van der Waals surface area contributed by atoms with Gasteiger partial charge in [-0.25, -0.2) is 8.42 Å². The number of ether oxygens (including phenoxy) is 2. The summed E-state index contributed by atoms with van der Waals surface area (Å²) >= 11 is 0. The Kier molecular flexibility index (Phi) is 7.49. The predicted octanol–water partition coefficient (Wildman–Crippen LogP) is 1.79. The van der Waals surface area contributed by atoms with Crippen molar-refractivity contribution in [1.82, 2.24) is 5.32 Å². The molecule has 1 aliphatic rings. The summed E-state index contributed by atoms with van der Waals surface area (Å²) in [5, 5.41) is 2.01. The predicted molar refractivity (Wildman–Crippen MR) is 98.6 cm³/mol. The summed E-state index contributed by atoms with van der Waals surface area (Å²) in [6, 6.07) is 6.10. The molecule has 0 amide bonds. The second kappa shape index (κ2) is 9.60. The van der Waals surface area contributed by atoms with E-state index in [1.807, 2.05) is 0 Å². The summed E-state index contributed by atoms with van der Waals surface area (Å²) in [6.45, 7) is 5.18. The Morgan fingerprint density at radius 2 is 1.92 bits per heavy atom. The summed E-state index contributed by atoms with van der Waals surface area (Å²) in [4.78, 5) is 12.5. The van der Waals surface area contributed by atoms with E-state index in [0.29, 0.717) is 31.7 Å². The number of hydrogen-bond donors (Lipinski definition) is 1. The zero-order chi connectivity index (χ0) is 19.0. The van der Waals surface area contributed by atoms with Gasteiger partial charge in [0.15, 0.2) is 15.1 Å². The molecule has 0 radical (unpaired) electrons. The molecule has 1 N–H and O–H groups in total. The standard InChI is InChI=1S/C19H25NO5S/c1-3-5-14-25-16-6-8-17(9-7-16)26(22,23)18(19(21)24-4-2)15-10-12-20-13-11-15/h6-9,15,18,20H,4,10-14H2,1-2H3. The van der Waals surface area contributed by atoms with Crippen molar-refractivity contribution >= 4 is 15.8 Å². The summed E-state index contributed by atoms with van der Waals surface area (Å²) in [7, 11) is -3.85. The average molecular weight is 379 g/mol. The van der Waals surface area contributed by atoms with Crippen LogP contribution in [0.5, 0.6) is 5.75 Å². The van der Waals surface area contributed by atoms with Crippen LogP contribution in [0.15, 0.2) is 29.2 Å². The molecule has 1 saturated heterocycles. The lowest BCUT2D eigenvalue weighted by Crippen LogP contribution is -2.43. The van der Waals surface area contributed by atoms with Gasteiger partial charge in [0.05, 0.1) is 11.5 Å². The summed E-state index contributed by atoms with van der Waals surface area (Å²) < 4.78 is 36.8. The molecule has 0 spiro atoms. The number of carbonyl (C=O) groups excluding carboxylic acids is 1. The highest BCUT2D eigenvalue weighted by Crippen LogP contribution is 2.29. The van der Waals surface area contributed by atoms with Crippen molar-refractivity contribution in [1.29, 1.82) is 0 Å². The Labute approximate surface area is 155 Å². The fraction of sp³-hybridized carbons (Fsp3) is 0.526. The maximum absolute atomic E-state index is 13.1. The number of hydrogen-bond acceptors (Lipinski definition) is 6. The Hall–Kier alpha value is -2.04. The molecule has 1 aliphatic heterocycles. The second-order valence-corrected chi connectivity index (χ2v) is 8.06. The van der Waals surface area contributed by atoms with Crippen molar-refractivity contribution < 1.29 is 22.7 Å². The topological polar surface area (TPSA) is 81.7 Å². The van der Waals surface area contributed by atoms with Crippen molar-refractivity contribution in [2.45, 2.75) is 36.8 Å². The molecule has 0 bridgehead atoms. The highest BCUT2D eigenvalue weighted by atomic mass is 32.2. The molecule has 26 heavy (non-hydrogen) atoms. The van der Waals surface area contributed by atoms with Crippen LogP contribution in [0.25, 0.3) is 0 Å². The van der Waals surface area contributed by atoms with Crippen LogP contribution in [0, 0.1) is 17.8 Å². The highest BCUT2D eigenvalue weighted by Gasteiger charge is 2.42. The van der Waals surface area contributed by atoms with E-state index in [-0.39, 0.29) is 24.0 Å². The molecule has 142 valence electrons. The SMILES string of the molecule is CC#CCOc1ccc(S(=O)(=O)C(C(=O)OCC)C2CCNCC2)cc1. The summed E-state index contributed by atoms with van der Waals surface area (Å²) in [6.07, 6.45) is 1.25. The summed E-state index contributed by atoms with van der Waals surface area (Å²) in [5.41, 5.74) is 0. The lowest BCUT2D eigenvalue weighted by Gasteiger charge is -2.29. The summed E-state index contributed by atoms with van der Waals surface area (Å²) in [5.74, 6) is 5.10. The van der Waals surface area contributed by atoms with Gasteiger partial charge in [0.25, 0.3) is 0 Å². The molecular formula is C19H25NO5S. The normalized spacial score (nSPS) is 16.2. The molecule has 7 heteroatoms. The van der Waals surface area contributed by atoms with Crippen molar-refractivity contribution in [2.24, 2.45) is 5.92 Å². The number of nitrogens with one attached hydrogen (secondary N) is 1. The molecule has 1 aromatic carbocycles. The molecule has 1 heterocycles. The van der Waals surface area contributed by atoms with E-state index >= 15 is 0 Å². The van der Waals surface area contributed by atoms with Crippen LogP contribution in [0.4, 0.5) is 0 Å². The molecular weight excluding hydrogens is 354 g/mol. The molecule has 1 atom stereocenters. The van der Waals surface area contributed by atoms with Gasteiger partial charge in [0.2, 0.25) is 0 Å². The van der Waals surface area contributed by atoms with Crippen LogP contribution in [0.3, 0.4) is 0 Å². The minimum Gasteiger partial charge on any atom is -0.481 e. The van der Waals surface area contributed by atoms with Crippen LogP contribution in [-0.2, 0) is 19.4 Å². The third kappa shape index (κ3) is 4.99. The van der Waals surface area contributed by atoms with Gasteiger partial charge in [-0.05, 0) is 70.0 Å². The number of rotatable bonds is 7. The van der Waals surface area contributed by atoms with Crippen molar-refractivity contribution in [3.8, 4) is 17.6 Å². The van der Waals surface area contributed by atoms with Gasteiger partial charge in [-0.15, -0.1) is 5.92 Å². The van der Waals surface area contributed by atoms with E-state index < -0.39 is 21.1 Å². The van der Waals surface area contributed by atoms with Crippen molar-refractivity contribution in [3.05, 3.63) is 24.3 Å². The van der Waals surface area contributed by atoms with Crippen LogP contribution < -0.4 is 10.1 Å². The van der Waals surface area contributed by atoms with E-state index in [1.165, 1.54) is 12.1 Å². The lowest BCUT2D eigenvalue weighted by atomic mass is 9.94. The Bertz CT molecular complexity index is 755. The molecule has 1 fully saturated rings. The van der Waals surface area contributed by atoms with E-state index in [9.17, 15) is 13.2 Å². The molecule has 0 saturated carbocycles. The van der Waals surface area contributed by atoms with Crippen molar-refractivity contribution in [2.75, 3.05) is 26.3 Å². The number of carbonyl (C=O) groups is 1. The molecule has 6 nitrogen and oxygen atoms in total. The maximum Gasteiger partial charge on any atom is 0.324 e. The first-order chi connectivity index (χ1) is 12.5. The number of sulfone groups is 1. The van der Waals surface area contributed by atoms with E-state index in [2.05, 4.69) is 17.2 Å². The molecule has 0 aliphatic carbocycles. The zero-order valence-electron chi connectivity index (χ0n) is 15.2. The average Bonchev–Trinajstić information content (AvgIpc) is 2.63. The van der Waals surface area contributed by atoms with E-state index in [0.717, 1.165) is 0 Å². The third-order valence-corrected chi connectivity index (χ3v) is 6.48. The first-order valence-corrected chi connectivity index (χ1v) is 10.3. The lowest BCUT2D eigenvalue weighted by molar-refractivity contribution is -0.143. The van der Waals surface area contributed by atoms with Gasteiger partial charge >= 0.3 is 5.97 Å². The second-order valence-electron chi connectivity index (χ2n) is 5.99.